The van der Waals surface area contributed by atoms with Gasteiger partial charge in [0.25, 0.3) is 0 Å². The number of benzene rings is 1. The number of carbonyl (C=O) groups is 1. The molecule has 92 valence electrons. The van der Waals surface area contributed by atoms with Crippen LogP contribution in [0.2, 0.25) is 0 Å². The zero-order valence-electron chi connectivity index (χ0n) is 10.0. The summed E-state index contributed by atoms with van der Waals surface area (Å²) in [6.45, 7) is 0.531. The average molecular weight is 234 g/mol. The van der Waals surface area contributed by atoms with Gasteiger partial charge in [0.05, 0.1) is 12.8 Å². The van der Waals surface area contributed by atoms with Gasteiger partial charge in [0.15, 0.2) is 0 Å². The zero-order valence-corrected chi connectivity index (χ0v) is 10.0. The molecule has 4 heteroatoms. The Labute approximate surface area is 101 Å². The highest BCUT2D eigenvalue weighted by Gasteiger charge is 2.24. The average Bonchev–Trinajstić information content (AvgIpc) is 2.24. The van der Waals surface area contributed by atoms with E-state index >= 15 is 0 Å². The number of ether oxygens (including phenoxy) is 1. The van der Waals surface area contributed by atoms with Crippen LogP contribution in [0.1, 0.15) is 24.8 Å². The summed E-state index contributed by atoms with van der Waals surface area (Å²) in [5.74, 6) is 1.05. The van der Waals surface area contributed by atoms with E-state index in [-0.39, 0.29) is 11.8 Å². The first kappa shape index (κ1) is 11.8. The number of methoxy groups -OCH3 is 1. The Morgan fingerprint density at radius 2 is 2.29 bits per heavy atom. The zero-order chi connectivity index (χ0) is 12.3. The van der Waals surface area contributed by atoms with Gasteiger partial charge in [-0.25, -0.2) is 0 Å². The van der Waals surface area contributed by atoms with Crippen LogP contribution in [0.3, 0.4) is 0 Å². The fourth-order valence-electron chi connectivity index (χ4n) is 1.90. The molecule has 0 aliphatic heterocycles. The molecule has 1 amide bonds. The lowest BCUT2D eigenvalue weighted by molar-refractivity contribution is -0.127. The number of hydrogen-bond acceptors (Lipinski definition) is 3. The summed E-state index contributed by atoms with van der Waals surface area (Å²) in [6, 6.07) is 5.57. The monoisotopic (exact) mass is 234 g/mol. The maximum atomic E-state index is 11.6. The second-order valence-electron chi connectivity index (χ2n) is 4.42. The number of hydrogen-bond donors (Lipinski definition) is 2. The molecule has 0 spiro atoms. The number of nitrogens with two attached hydrogens (primary N) is 1. The van der Waals surface area contributed by atoms with Crippen LogP contribution in [0, 0.1) is 5.92 Å². The van der Waals surface area contributed by atoms with Crippen LogP contribution in [0.5, 0.6) is 5.75 Å². The van der Waals surface area contributed by atoms with Gasteiger partial charge >= 0.3 is 0 Å². The maximum Gasteiger partial charge on any atom is 0.223 e. The third-order valence-electron chi connectivity index (χ3n) is 3.24. The first-order valence-corrected chi connectivity index (χ1v) is 5.91. The predicted octanol–water partition coefficient (Wildman–Crippen LogP) is 1.69. The molecule has 1 aromatic carbocycles. The van der Waals surface area contributed by atoms with Crippen LogP contribution < -0.4 is 15.8 Å². The first-order chi connectivity index (χ1) is 8.20. The number of carbonyl (C=O) groups excluding carboxylic acids is 1. The van der Waals surface area contributed by atoms with E-state index in [1.54, 1.807) is 7.11 Å². The third-order valence-corrected chi connectivity index (χ3v) is 3.24. The van der Waals surface area contributed by atoms with Crippen molar-refractivity contribution in [3.8, 4) is 5.75 Å². The lowest BCUT2D eigenvalue weighted by Crippen LogP contribution is -2.33. The van der Waals surface area contributed by atoms with Gasteiger partial charge in [0.2, 0.25) is 5.91 Å². The Morgan fingerprint density at radius 3 is 2.82 bits per heavy atom. The molecule has 1 fully saturated rings. The van der Waals surface area contributed by atoms with E-state index in [1.807, 2.05) is 18.2 Å². The van der Waals surface area contributed by atoms with Gasteiger partial charge in [-0.15, -0.1) is 0 Å². The van der Waals surface area contributed by atoms with Crippen LogP contribution in [-0.2, 0) is 11.3 Å². The van der Waals surface area contributed by atoms with Crippen molar-refractivity contribution in [2.75, 3.05) is 12.8 Å². The van der Waals surface area contributed by atoms with Crippen molar-refractivity contribution in [1.29, 1.82) is 0 Å². The van der Waals surface area contributed by atoms with E-state index in [9.17, 15) is 4.79 Å². The van der Waals surface area contributed by atoms with E-state index in [4.69, 9.17) is 10.5 Å². The lowest BCUT2D eigenvalue weighted by Gasteiger charge is -2.24. The second-order valence-corrected chi connectivity index (χ2v) is 4.42. The van der Waals surface area contributed by atoms with Gasteiger partial charge in [0.1, 0.15) is 5.75 Å². The van der Waals surface area contributed by atoms with Crippen LogP contribution >= 0.6 is 0 Å². The molecule has 0 unspecified atom stereocenters. The summed E-state index contributed by atoms with van der Waals surface area (Å²) in [7, 11) is 1.59. The molecule has 0 radical (unpaired) electrons. The highest BCUT2D eigenvalue weighted by atomic mass is 16.5. The van der Waals surface area contributed by atoms with Crippen molar-refractivity contribution in [3.63, 3.8) is 0 Å². The summed E-state index contributed by atoms with van der Waals surface area (Å²) in [4.78, 5) is 11.6. The SMILES string of the molecule is COc1ccc(CNC(=O)C2CCC2)cc1N. The van der Waals surface area contributed by atoms with Crippen molar-refractivity contribution in [3.05, 3.63) is 23.8 Å². The normalized spacial score (nSPS) is 15.1. The van der Waals surface area contributed by atoms with Crippen LogP contribution in [0.15, 0.2) is 18.2 Å². The third kappa shape index (κ3) is 2.70. The Hall–Kier alpha value is -1.71. The van der Waals surface area contributed by atoms with E-state index in [1.165, 1.54) is 6.42 Å². The van der Waals surface area contributed by atoms with Crippen molar-refractivity contribution in [1.82, 2.24) is 5.32 Å². The second kappa shape index (κ2) is 5.08. The number of amides is 1. The minimum Gasteiger partial charge on any atom is -0.495 e. The minimum absolute atomic E-state index is 0.158. The molecule has 1 aliphatic carbocycles. The van der Waals surface area contributed by atoms with E-state index < -0.39 is 0 Å². The molecule has 1 aromatic rings. The van der Waals surface area contributed by atoms with Crippen molar-refractivity contribution in [2.45, 2.75) is 25.8 Å². The molecule has 17 heavy (non-hydrogen) atoms. The molecule has 0 bridgehead atoms. The summed E-state index contributed by atoms with van der Waals surface area (Å²) in [6.07, 6.45) is 3.22. The topological polar surface area (TPSA) is 64.3 Å². The highest BCUT2D eigenvalue weighted by molar-refractivity contribution is 5.79. The smallest absolute Gasteiger partial charge is 0.223 e. The molecule has 0 aromatic heterocycles. The first-order valence-electron chi connectivity index (χ1n) is 5.91. The molecule has 0 atom stereocenters. The maximum absolute atomic E-state index is 11.6. The van der Waals surface area contributed by atoms with Gasteiger partial charge < -0.3 is 15.8 Å². The Bertz CT molecular complexity index is 414. The molecular formula is C13H18N2O2. The number of anilines is 1. The Morgan fingerprint density at radius 1 is 1.53 bits per heavy atom. The molecule has 1 saturated carbocycles. The van der Waals surface area contributed by atoms with Crippen molar-refractivity contribution >= 4 is 11.6 Å². The quantitative estimate of drug-likeness (QED) is 0.779. The van der Waals surface area contributed by atoms with Crippen LogP contribution in [-0.4, -0.2) is 13.0 Å². The predicted molar refractivity (Wildman–Crippen MR) is 66.6 cm³/mol. The summed E-state index contributed by atoms with van der Waals surface area (Å²) in [5, 5.41) is 2.93. The summed E-state index contributed by atoms with van der Waals surface area (Å²) in [5.41, 5.74) is 7.39. The Balaban J connectivity index is 1.90. The van der Waals surface area contributed by atoms with Gasteiger partial charge in [-0.1, -0.05) is 12.5 Å². The van der Waals surface area contributed by atoms with Crippen molar-refractivity contribution < 1.29 is 9.53 Å². The molecule has 2 rings (SSSR count). The molecule has 3 N–H and O–H groups in total. The standard InChI is InChI=1S/C13H18N2O2/c1-17-12-6-5-9(7-11(12)14)8-15-13(16)10-3-2-4-10/h5-7,10H,2-4,8,14H2,1H3,(H,15,16). The fourth-order valence-corrected chi connectivity index (χ4v) is 1.90. The highest BCUT2D eigenvalue weighted by Crippen LogP contribution is 2.26. The fraction of sp³-hybridized carbons (Fsp3) is 0.462. The van der Waals surface area contributed by atoms with E-state index in [0.717, 1.165) is 18.4 Å². The molecule has 0 heterocycles. The van der Waals surface area contributed by atoms with Gasteiger partial charge in [-0.05, 0) is 30.5 Å². The largest absolute Gasteiger partial charge is 0.495 e. The number of nitrogens with one attached hydrogen (secondary N) is 1. The van der Waals surface area contributed by atoms with E-state index in [2.05, 4.69) is 5.32 Å². The lowest BCUT2D eigenvalue weighted by atomic mass is 9.85. The van der Waals surface area contributed by atoms with Crippen molar-refractivity contribution in [2.24, 2.45) is 5.92 Å². The summed E-state index contributed by atoms with van der Waals surface area (Å²) < 4.78 is 5.08. The minimum atomic E-state index is 0.158. The van der Waals surface area contributed by atoms with Gasteiger partial charge in [-0.2, -0.15) is 0 Å². The molecule has 0 saturated heterocycles. The molecule has 1 aliphatic rings. The molecule has 4 nitrogen and oxygen atoms in total. The van der Waals surface area contributed by atoms with Gasteiger partial charge in [-0.3, -0.25) is 4.79 Å². The number of nitrogen functional groups attached to an aromatic ring is 1. The van der Waals surface area contributed by atoms with Gasteiger partial charge in [0, 0.05) is 12.5 Å². The Kier molecular flexibility index (Phi) is 3.52. The van der Waals surface area contributed by atoms with Crippen LogP contribution in [0.25, 0.3) is 0 Å². The van der Waals surface area contributed by atoms with E-state index in [0.29, 0.717) is 18.0 Å². The summed E-state index contributed by atoms with van der Waals surface area (Å²) >= 11 is 0. The number of rotatable bonds is 4. The van der Waals surface area contributed by atoms with Crippen LogP contribution in [0.4, 0.5) is 5.69 Å². The molecular weight excluding hydrogens is 216 g/mol.